The van der Waals surface area contributed by atoms with Crippen molar-refractivity contribution in [1.82, 2.24) is 0 Å². The van der Waals surface area contributed by atoms with Crippen LogP contribution in [0, 0.1) is 0 Å². The van der Waals surface area contributed by atoms with E-state index in [9.17, 15) is 0 Å². The van der Waals surface area contributed by atoms with Crippen molar-refractivity contribution in [3.05, 3.63) is 5.40 Å². The maximum atomic E-state index is 7.81. The van der Waals surface area contributed by atoms with Crippen LogP contribution in [-0.2, 0) is 0 Å². The Morgan fingerprint density at radius 1 is 1.00 bits per heavy atom. The summed E-state index contributed by atoms with van der Waals surface area (Å²) in [6.07, 6.45) is 0. The third-order valence-electron chi connectivity index (χ3n) is 2.03. The van der Waals surface area contributed by atoms with Crippen LogP contribution in [0.3, 0.4) is 0 Å². The molecule has 0 saturated heterocycles. The van der Waals surface area contributed by atoms with Crippen molar-refractivity contribution in [3.8, 4) is 0 Å². The van der Waals surface area contributed by atoms with Gasteiger partial charge in [0.15, 0.2) is 0 Å². The van der Waals surface area contributed by atoms with E-state index in [4.69, 9.17) is 5.40 Å². The Bertz CT molecular complexity index is 55.8. The fourth-order valence-corrected chi connectivity index (χ4v) is 2.25. The fourth-order valence-electron chi connectivity index (χ4n) is 0.750. The van der Waals surface area contributed by atoms with Crippen molar-refractivity contribution in [2.45, 2.75) is 38.9 Å². The van der Waals surface area contributed by atoms with Crippen LogP contribution in [0.1, 0.15) is 20.8 Å². The van der Waals surface area contributed by atoms with E-state index in [1.165, 1.54) is 0 Å². The molecule has 0 aromatic carbocycles. The number of nitrogens with one attached hydrogen (secondary N) is 1. The van der Waals surface area contributed by atoms with Gasteiger partial charge >= 0.3 is 18.9 Å². The molecule has 0 saturated carbocycles. The molecule has 0 atom stereocenters. The maximum absolute atomic E-state index is 7.81. The average Bonchev–Trinajstić information content (AvgIpc) is 1.87. The van der Waals surface area contributed by atoms with Gasteiger partial charge in [0.05, 0.1) is 0 Å². The Balaban J connectivity index is 0. The fraction of sp³-hybridized carbons (Fsp3) is 1.00. The molecule has 0 aliphatic rings. The summed E-state index contributed by atoms with van der Waals surface area (Å²) in [7, 11) is -1.42. The summed E-state index contributed by atoms with van der Waals surface area (Å²) < 4.78 is 0. The van der Waals surface area contributed by atoms with Gasteiger partial charge in [-0.15, -0.1) is 0 Å². The zero-order valence-electron chi connectivity index (χ0n) is 7.12. The van der Waals surface area contributed by atoms with Gasteiger partial charge in [0, 0.05) is 0 Å². The molecule has 0 aromatic rings. The standard InChI is InChI=1S/C6H16NSi.Li/c1-4-8(7,5-2)6-3;/h7H,4-6H2,1-3H3;/q-1;+1. The van der Waals surface area contributed by atoms with Crippen molar-refractivity contribution in [3.63, 3.8) is 0 Å². The van der Waals surface area contributed by atoms with Gasteiger partial charge in [-0.3, -0.25) is 0 Å². The van der Waals surface area contributed by atoms with Crippen LogP contribution in [0.2, 0.25) is 18.1 Å². The Hall–Kier alpha value is 0.774. The smallest absolute Gasteiger partial charge is 0.679 e. The van der Waals surface area contributed by atoms with Crippen LogP contribution in [-0.4, -0.2) is 8.24 Å². The maximum Gasteiger partial charge on any atom is 1.00 e. The first-order valence-corrected chi connectivity index (χ1v) is 6.05. The molecule has 0 rings (SSSR count). The number of rotatable bonds is 3. The van der Waals surface area contributed by atoms with Gasteiger partial charge in [0.25, 0.3) is 0 Å². The normalized spacial score (nSPS) is 10.7. The average molecular weight is 137 g/mol. The second-order valence-corrected chi connectivity index (χ2v) is 7.02. The monoisotopic (exact) mass is 137 g/mol. The van der Waals surface area contributed by atoms with E-state index >= 15 is 0 Å². The molecule has 0 heterocycles. The summed E-state index contributed by atoms with van der Waals surface area (Å²) in [6, 6.07) is 3.38. The molecule has 50 valence electrons. The van der Waals surface area contributed by atoms with Crippen LogP contribution < -0.4 is 18.9 Å². The molecule has 0 fully saturated rings. The van der Waals surface area contributed by atoms with Crippen LogP contribution in [0.4, 0.5) is 0 Å². The molecule has 0 aromatic heterocycles. The molecule has 0 bridgehead atoms. The van der Waals surface area contributed by atoms with E-state index < -0.39 is 8.24 Å². The molecule has 9 heavy (non-hydrogen) atoms. The summed E-state index contributed by atoms with van der Waals surface area (Å²) >= 11 is 0. The van der Waals surface area contributed by atoms with Gasteiger partial charge in [0.1, 0.15) is 0 Å². The van der Waals surface area contributed by atoms with Crippen molar-refractivity contribution >= 4 is 8.24 Å². The predicted octanol–water partition coefficient (Wildman–Crippen LogP) is 0.0478. The molecular weight excluding hydrogens is 121 g/mol. The molecule has 0 amide bonds. The summed E-state index contributed by atoms with van der Waals surface area (Å²) in [4.78, 5) is 0. The van der Waals surface area contributed by atoms with Crippen LogP contribution >= 0.6 is 0 Å². The summed E-state index contributed by atoms with van der Waals surface area (Å²) in [6.45, 7) is 6.44. The van der Waals surface area contributed by atoms with Crippen molar-refractivity contribution in [2.75, 3.05) is 0 Å². The molecule has 3 heteroatoms. The first-order chi connectivity index (χ1) is 3.68. The third kappa shape index (κ3) is 4.21. The Kier molecular flexibility index (Phi) is 7.68. The van der Waals surface area contributed by atoms with Gasteiger partial charge in [-0.05, 0) is 0 Å². The molecular formula is C6H16LiNSi. The van der Waals surface area contributed by atoms with E-state index in [1.807, 2.05) is 0 Å². The van der Waals surface area contributed by atoms with E-state index in [1.54, 1.807) is 0 Å². The second kappa shape index (κ2) is 5.55. The topological polar surface area (TPSA) is 23.8 Å². The zero-order chi connectivity index (χ0) is 6.62. The van der Waals surface area contributed by atoms with Crippen LogP contribution in [0.15, 0.2) is 0 Å². The molecule has 0 spiro atoms. The summed E-state index contributed by atoms with van der Waals surface area (Å²) in [5, 5.41) is 7.81. The molecule has 0 aliphatic carbocycles. The molecule has 0 unspecified atom stereocenters. The van der Waals surface area contributed by atoms with Crippen molar-refractivity contribution in [2.24, 2.45) is 0 Å². The second-order valence-electron chi connectivity index (χ2n) is 2.34. The van der Waals surface area contributed by atoms with E-state index in [2.05, 4.69) is 20.8 Å². The minimum absolute atomic E-state index is 0. The van der Waals surface area contributed by atoms with Gasteiger partial charge in [-0.2, -0.15) is 0 Å². The first kappa shape index (κ1) is 12.5. The predicted molar refractivity (Wildman–Crippen MR) is 41.5 cm³/mol. The largest absolute Gasteiger partial charge is 1.00 e. The van der Waals surface area contributed by atoms with Crippen LogP contribution in [0.5, 0.6) is 0 Å². The Morgan fingerprint density at radius 3 is 1.22 bits per heavy atom. The summed E-state index contributed by atoms with van der Waals surface area (Å²) in [5.74, 6) is 0. The number of hydrogen-bond acceptors (Lipinski definition) is 0. The van der Waals surface area contributed by atoms with Gasteiger partial charge < -0.3 is 5.40 Å². The van der Waals surface area contributed by atoms with Crippen LogP contribution in [0.25, 0.3) is 5.40 Å². The zero-order valence-corrected chi connectivity index (χ0v) is 8.12. The molecule has 0 aliphatic heterocycles. The Labute approximate surface area is 71.7 Å². The summed E-state index contributed by atoms with van der Waals surface area (Å²) in [5.41, 5.74) is 0. The molecule has 1 N–H and O–H groups in total. The first-order valence-electron chi connectivity index (χ1n) is 3.43. The Morgan fingerprint density at radius 2 is 1.22 bits per heavy atom. The van der Waals surface area contributed by atoms with Crippen molar-refractivity contribution < 1.29 is 18.9 Å². The third-order valence-corrected chi connectivity index (χ3v) is 6.09. The minimum Gasteiger partial charge on any atom is -0.679 e. The van der Waals surface area contributed by atoms with Gasteiger partial charge in [-0.1, -0.05) is 47.1 Å². The quantitative estimate of drug-likeness (QED) is 0.491. The van der Waals surface area contributed by atoms with Gasteiger partial charge in [0.2, 0.25) is 0 Å². The number of hydrogen-bond donors (Lipinski definition) is 0. The van der Waals surface area contributed by atoms with Gasteiger partial charge in [-0.25, -0.2) is 0 Å². The SMILES string of the molecule is CC[Si]([NH-])(CC)CC.[Li+]. The van der Waals surface area contributed by atoms with E-state index in [-0.39, 0.29) is 18.9 Å². The molecule has 1 nitrogen and oxygen atoms in total. The van der Waals surface area contributed by atoms with E-state index in [0.29, 0.717) is 0 Å². The minimum atomic E-state index is -1.42. The van der Waals surface area contributed by atoms with E-state index in [0.717, 1.165) is 18.1 Å². The molecule has 0 radical (unpaired) electrons. The van der Waals surface area contributed by atoms with Crippen molar-refractivity contribution in [1.29, 1.82) is 0 Å².